The van der Waals surface area contributed by atoms with E-state index in [4.69, 9.17) is 0 Å². The fourth-order valence-electron chi connectivity index (χ4n) is 1.48. The Labute approximate surface area is 134 Å². The second kappa shape index (κ2) is 6.46. The largest absolute Gasteiger partial charge is 1.00 e. The SMILES string of the molecule is Oc1ccccc1Cc1ccccc1.[H-].[K+]. The van der Waals surface area contributed by atoms with Crippen molar-refractivity contribution in [2.24, 2.45) is 0 Å². The van der Waals surface area contributed by atoms with Crippen LogP contribution < -0.4 is 51.4 Å². The van der Waals surface area contributed by atoms with Crippen LogP contribution >= 0.6 is 0 Å². The van der Waals surface area contributed by atoms with Crippen molar-refractivity contribution in [3.63, 3.8) is 0 Å². The summed E-state index contributed by atoms with van der Waals surface area (Å²) in [6, 6.07) is 17.6. The van der Waals surface area contributed by atoms with Crippen molar-refractivity contribution in [1.29, 1.82) is 0 Å². The Kier molecular flexibility index (Phi) is 5.57. The summed E-state index contributed by atoms with van der Waals surface area (Å²) < 4.78 is 0. The van der Waals surface area contributed by atoms with Crippen molar-refractivity contribution in [1.82, 2.24) is 0 Å². The second-order valence-corrected chi connectivity index (χ2v) is 3.29. The number of hydrogen-bond acceptors (Lipinski definition) is 1. The van der Waals surface area contributed by atoms with Gasteiger partial charge in [0.1, 0.15) is 5.75 Å². The predicted octanol–water partition coefficient (Wildman–Crippen LogP) is 0.0995. The molecule has 0 spiro atoms. The number of rotatable bonds is 2. The van der Waals surface area contributed by atoms with E-state index in [1.807, 2.05) is 36.4 Å². The zero-order valence-corrected chi connectivity index (χ0v) is 12.0. The molecule has 0 aliphatic heterocycles. The van der Waals surface area contributed by atoms with Crippen LogP contribution in [0.25, 0.3) is 0 Å². The quantitative estimate of drug-likeness (QED) is 0.717. The molecule has 72 valence electrons. The summed E-state index contributed by atoms with van der Waals surface area (Å²) in [5.74, 6) is 0.372. The minimum absolute atomic E-state index is 0. The average molecular weight is 224 g/mol. The van der Waals surface area contributed by atoms with Crippen LogP contribution in [0.5, 0.6) is 5.75 Å². The first-order valence-corrected chi connectivity index (χ1v) is 4.67. The third-order valence-electron chi connectivity index (χ3n) is 2.23. The maximum Gasteiger partial charge on any atom is 1.00 e. The molecular formula is C13H13KO. The molecule has 0 heterocycles. The molecule has 15 heavy (non-hydrogen) atoms. The van der Waals surface area contributed by atoms with Gasteiger partial charge >= 0.3 is 51.4 Å². The predicted molar refractivity (Wildman–Crippen MR) is 58.5 cm³/mol. The van der Waals surface area contributed by atoms with Gasteiger partial charge in [-0.2, -0.15) is 0 Å². The molecule has 0 saturated heterocycles. The first-order chi connectivity index (χ1) is 6.86. The van der Waals surface area contributed by atoms with E-state index in [2.05, 4.69) is 12.1 Å². The van der Waals surface area contributed by atoms with Crippen molar-refractivity contribution in [3.05, 3.63) is 65.7 Å². The maximum absolute atomic E-state index is 9.57. The van der Waals surface area contributed by atoms with Crippen LogP contribution in [0.1, 0.15) is 12.6 Å². The Hall–Kier alpha value is -0.124. The van der Waals surface area contributed by atoms with Crippen LogP contribution in [0.3, 0.4) is 0 Å². The van der Waals surface area contributed by atoms with Gasteiger partial charge in [0.15, 0.2) is 0 Å². The van der Waals surface area contributed by atoms with Gasteiger partial charge in [-0.3, -0.25) is 0 Å². The molecule has 0 unspecified atom stereocenters. The van der Waals surface area contributed by atoms with E-state index in [0.717, 1.165) is 12.0 Å². The summed E-state index contributed by atoms with van der Waals surface area (Å²) in [5, 5.41) is 9.57. The van der Waals surface area contributed by atoms with Crippen molar-refractivity contribution < 1.29 is 57.9 Å². The Bertz CT molecular complexity index is 417. The topological polar surface area (TPSA) is 20.2 Å². The van der Waals surface area contributed by atoms with Crippen LogP contribution in [0, 0.1) is 0 Å². The Morgan fingerprint density at radius 1 is 0.867 bits per heavy atom. The Morgan fingerprint density at radius 2 is 1.47 bits per heavy atom. The summed E-state index contributed by atoms with van der Waals surface area (Å²) in [6.07, 6.45) is 0.785. The molecular weight excluding hydrogens is 211 g/mol. The monoisotopic (exact) mass is 224 g/mol. The third-order valence-corrected chi connectivity index (χ3v) is 2.23. The van der Waals surface area contributed by atoms with Gasteiger partial charge in [0.25, 0.3) is 0 Å². The summed E-state index contributed by atoms with van der Waals surface area (Å²) in [6.45, 7) is 0. The summed E-state index contributed by atoms with van der Waals surface area (Å²) in [4.78, 5) is 0. The van der Waals surface area contributed by atoms with E-state index in [1.54, 1.807) is 6.07 Å². The molecule has 0 amide bonds. The van der Waals surface area contributed by atoms with Crippen LogP contribution in [0.4, 0.5) is 0 Å². The number of benzene rings is 2. The van der Waals surface area contributed by atoms with Crippen molar-refractivity contribution in [3.8, 4) is 5.75 Å². The number of phenolic OH excluding ortho intramolecular Hbond substituents is 1. The van der Waals surface area contributed by atoms with Crippen LogP contribution in [-0.2, 0) is 6.42 Å². The zero-order valence-electron chi connectivity index (χ0n) is 9.85. The fourth-order valence-corrected chi connectivity index (χ4v) is 1.48. The molecule has 0 aliphatic rings. The maximum atomic E-state index is 9.57. The van der Waals surface area contributed by atoms with E-state index < -0.39 is 0 Å². The minimum Gasteiger partial charge on any atom is -1.00 e. The summed E-state index contributed by atoms with van der Waals surface area (Å²) in [5.41, 5.74) is 2.19. The van der Waals surface area contributed by atoms with Gasteiger partial charge in [-0.15, -0.1) is 0 Å². The second-order valence-electron chi connectivity index (χ2n) is 3.29. The van der Waals surface area contributed by atoms with Crippen molar-refractivity contribution in [2.75, 3.05) is 0 Å². The van der Waals surface area contributed by atoms with E-state index in [-0.39, 0.29) is 52.8 Å². The fraction of sp³-hybridized carbons (Fsp3) is 0.0769. The number of hydrogen-bond donors (Lipinski definition) is 1. The molecule has 2 aromatic rings. The first-order valence-electron chi connectivity index (χ1n) is 4.67. The van der Waals surface area contributed by atoms with Crippen LogP contribution in [-0.4, -0.2) is 5.11 Å². The normalized spacial score (nSPS) is 9.33. The van der Waals surface area contributed by atoms with Gasteiger partial charge in [0.05, 0.1) is 0 Å². The van der Waals surface area contributed by atoms with E-state index in [9.17, 15) is 5.11 Å². The standard InChI is InChI=1S/C13H12O.K.H/c14-13-9-5-4-8-12(13)10-11-6-2-1-3-7-11;;/h1-9,14H,10H2;;/q;+1;-1. The minimum atomic E-state index is 0. The smallest absolute Gasteiger partial charge is 1.00 e. The van der Waals surface area contributed by atoms with Gasteiger partial charge in [0.2, 0.25) is 0 Å². The van der Waals surface area contributed by atoms with Gasteiger partial charge in [-0.25, -0.2) is 0 Å². The molecule has 0 aromatic heterocycles. The van der Waals surface area contributed by atoms with E-state index in [1.165, 1.54) is 5.56 Å². The number of para-hydroxylation sites is 1. The molecule has 0 bridgehead atoms. The van der Waals surface area contributed by atoms with Gasteiger partial charge < -0.3 is 6.53 Å². The molecule has 0 fully saturated rings. The third kappa shape index (κ3) is 3.74. The van der Waals surface area contributed by atoms with Gasteiger partial charge in [0, 0.05) is 6.42 Å². The average Bonchev–Trinajstić information content (AvgIpc) is 2.23. The van der Waals surface area contributed by atoms with Crippen LogP contribution in [0.2, 0.25) is 0 Å². The zero-order chi connectivity index (χ0) is 9.80. The number of phenols is 1. The Morgan fingerprint density at radius 3 is 2.13 bits per heavy atom. The number of aromatic hydroxyl groups is 1. The molecule has 0 radical (unpaired) electrons. The molecule has 2 aromatic carbocycles. The van der Waals surface area contributed by atoms with E-state index in [0.29, 0.717) is 5.75 Å². The van der Waals surface area contributed by atoms with Crippen molar-refractivity contribution >= 4 is 0 Å². The molecule has 0 atom stereocenters. The first kappa shape index (κ1) is 12.9. The van der Waals surface area contributed by atoms with Gasteiger partial charge in [-0.05, 0) is 17.2 Å². The molecule has 1 N–H and O–H groups in total. The van der Waals surface area contributed by atoms with Crippen molar-refractivity contribution in [2.45, 2.75) is 6.42 Å². The molecule has 2 rings (SSSR count). The molecule has 2 heteroatoms. The molecule has 0 aliphatic carbocycles. The van der Waals surface area contributed by atoms with Gasteiger partial charge in [-0.1, -0.05) is 48.5 Å². The van der Waals surface area contributed by atoms with E-state index >= 15 is 0 Å². The van der Waals surface area contributed by atoms with Crippen LogP contribution in [0.15, 0.2) is 54.6 Å². The Balaban J connectivity index is 0.00000112. The molecule has 1 nitrogen and oxygen atoms in total. The molecule has 0 saturated carbocycles. The summed E-state index contributed by atoms with van der Waals surface area (Å²) in [7, 11) is 0. The summed E-state index contributed by atoms with van der Waals surface area (Å²) >= 11 is 0.